The van der Waals surface area contributed by atoms with Gasteiger partial charge < -0.3 is 11.1 Å². The quantitative estimate of drug-likeness (QED) is 0.620. The summed E-state index contributed by atoms with van der Waals surface area (Å²) in [6.07, 6.45) is 1.08. The standard InChI is InChI=1S/C10H22N2S/c1-5-13-7-6-10(9(4)11)12-8(2)3/h8,10,12H,4-7,11H2,1-3H3. The zero-order valence-electron chi connectivity index (χ0n) is 8.97. The van der Waals surface area contributed by atoms with Crippen LogP contribution in [0.1, 0.15) is 27.2 Å². The summed E-state index contributed by atoms with van der Waals surface area (Å²) in [5.74, 6) is 2.32. The van der Waals surface area contributed by atoms with Crippen molar-refractivity contribution in [1.29, 1.82) is 0 Å². The van der Waals surface area contributed by atoms with Crippen molar-refractivity contribution < 1.29 is 0 Å². The molecule has 0 amide bonds. The highest BCUT2D eigenvalue weighted by molar-refractivity contribution is 7.99. The van der Waals surface area contributed by atoms with Crippen LogP contribution in [0, 0.1) is 0 Å². The molecule has 0 saturated heterocycles. The SMILES string of the molecule is C=C(N)C(CCSCC)NC(C)C. The molecule has 1 unspecified atom stereocenters. The molecule has 0 aliphatic heterocycles. The smallest absolute Gasteiger partial charge is 0.0471 e. The molecule has 0 aromatic rings. The Hall–Kier alpha value is -0.150. The molecule has 13 heavy (non-hydrogen) atoms. The highest BCUT2D eigenvalue weighted by Gasteiger charge is 2.10. The van der Waals surface area contributed by atoms with Crippen molar-refractivity contribution in [3.8, 4) is 0 Å². The average molecular weight is 202 g/mol. The summed E-state index contributed by atoms with van der Waals surface area (Å²) in [7, 11) is 0. The van der Waals surface area contributed by atoms with Gasteiger partial charge in [0.1, 0.15) is 0 Å². The topological polar surface area (TPSA) is 38.0 Å². The first-order valence-electron chi connectivity index (χ1n) is 4.86. The van der Waals surface area contributed by atoms with E-state index in [1.54, 1.807) is 0 Å². The first-order valence-corrected chi connectivity index (χ1v) is 6.01. The molecular formula is C10H22N2S. The summed E-state index contributed by atoms with van der Waals surface area (Å²) in [4.78, 5) is 0. The molecule has 0 bridgehead atoms. The molecule has 0 aromatic heterocycles. The molecule has 0 spiro atoms. The molecule has 0 saturated carbocycles. The van der Waals surface area contributed by atoms with E-state index < -0.39 is 0 Å². The zero-order chi connectivity index (χ0) is 10.3. The number of rotatable bonds is 7. The number of nitrogens with two attached hydrogens (primary N) is 1. The van der Waals surface area contributed by atoms with Gasteiger partial charge in [-0.3, -0.25) is 0 Å². The van der Waals surface area contributed by atoms with Crippen molar-refractivity contribution in [3.05, 3.63) is 12.3 Å². The number of hydrogen-bond donors (Lipinski definition) is 2. The summed E-state index contributed by atoms with van der Waals surface area (Å²) >= 11 is 1.94. The summed E-state index contributed by atoms with van der Waals surface area (Å²) < 4.78 is 0. The van der Waals surface area contributed by atoms with Gasteiger partial charge in [0.05, 0.1) is 0 Å². The van der Waals surface area contributed by atoms with Crippen LogP contribution in [0.15, 0.2) is 12.3 Å². The normalized spacial score (nSPS) is 13.2. The van der Waals surface area contributed by atoms with Gasteiger partial charge in [0.2, 0.25) is 0 Å². The van der Waals surface area contributed by atoms with Gasteiger partial charge in [-0.1, -0.05) is 27.4 Å². The monoisotopic (exact) mass is 202 g/mol. The van der Waals surface area contributed by atoms with Gasteiger partial charge in [0, 0.05) is 17.8 Å². The van der Waals surface area contributed by atoms with E-state index in [0.717, 1.165) is 17.9 Å². The Morgan fingerprint density at radius 3 is 2.54 bits per heavy atom. The van der Waals surface area contributed by atoms with Crippen LogP contribution < -0.4 is 11.1 Å². The minimum Gasteiger partial charge on any atom is -0.401 e. The van der Waals surface area contributed by atoms with Gasteiger partial charge in [-0.25, -0.2) is 0 Å². The first kappa shape index (κ1) is 12.8. The molecule has 0 radical (unpaired) electrons. The lowest BCUT2D eigenvalue weighted by atomic mass is 10.1. The number of hydrogen-bond acceptors (Lipinski definition) is 3. The Balaban J connectivity index is 3.74. The van der Waals surface area contributed by atoms with Gasteiger partial charge in [0.15, 0.2) is 0 Å². The van der Waals surface area contributed by atoms with Crippen LogP contribution >= 0.6 is 11.8 Å². The van der Waals surface area contributed by atoms with E-state index >= 15 is 0 Å². The van der Waals surface area contributed by atoms with Gasteiger partial charge in [0.25, 0.3) is 0 Å². The molecular weight excluding hydrogens is 180 g/mol. The van der Waals surface area contributed by atoms with E-state index in [4.69, 9.17) is 5.73 Å². The van der Waals surface area contributed by atoms with E-state index in [1.807, 2.05) is 11.8 Å². The highest BCUT2D eigenvalue weighted by atomic mass is 32.2. The van der Waals surface area contributed by atoms with E-state index in [9.17, 15) is 0 Å². The molecule has 0 heterocycles. The predicted molar refractivity (Wildman–Crippen MR) is 63.0 cm³/mol. The van der Waals surface area contributed by atoms with Crippen LogP contribution in [0.2, 0.25) is 0 Å². The average Bonchev–Trinajstić information content (AvgIpc) is 2.02. The van der Waals surface area contributed by atoms with E-state index in [2.05, 4.69) is 32.7 Å². The third-order valence-electron chi connectivity index (χ3n) is 1.74. The molecule has 1 atom stereocenters. The second-order valence-electron chi connectivity index (χ2n) is 3.43. The summed E-state index contributed by atoms with van der Waals surface area (Å²) in [6, 6.07) is 0.746. The molecule has 2 nitrogen and oxygen atoms in total. The summed E-state index contributed by atoms with van der Waals surface area (Å²) in [5.41, 5.74) is 6.46. The van der Waals surface area contributed by atoms with Crippen LogP contribution in [-0.2, 0) is 0 Å². The second kappa shape index (κ2) is 7.27. The van der Waals surface area contributed by atoms with Crippen LogP contribution in [0.25, 0.3) is 0 Å². The van der Waals surface area contributed by atoms with E-state index in [1.165, 1.54) is 5.75 Å². The van der Waals surface area contributed by atoms with Gasteiger partial charge in [-0.15, -0.1) is 0 Å². The minimum absolute atomic E-state index is 0.277. The number of nitrogens with one attached hydrogen (secondary N) is 1. The van der Waals surface area contributed by atoms with E-state index in [-0.39, 0.29) is 6.04 Å². The predicted octanol–water partition coefficient (Wildman–Crippen LogP) is 1.97. The zero-order valence-corrected chi connectivity index (χ0v) is 9.79. The Kier molecular flexibility index (Phi) is 7.19. The van der Waals surface area contributed by atoms with Gasteiger partial charge in [-0.2, -0.15) is 11.8 Å². The molecule has 0 rings (SSSR count). The van der Waals surface area contributed by atoms with Crippen molar-refractivity contribution in [2.75, 3.05) is 11.5 Å². The molecule has 0 aliphatic rings. The maximum Gasteiger partial charge on any atom is 0.0471 e. The minimum atomic E-state index is 0.277. The van der Waals surface area contributed by atoms with E-state index in [0.29, 0.717) is 6.04 Å². The lowest BCUT2D eigenvalue weighted by Gasteiger charge is -2.20. The van der Waals surface area contributed by atoms with Crippen LogP contribution in [0.3, 0.4) is 0 Å². The molecule has 0 fully saturated rings. The van der Waals surface area contributed by atoms with Crippen molar-refractivity contribution in [2.24, 2.45) is 5.73 Å². The molecule has 0 aromatic carbocycles. The fourth-order valence-corrected chi connectivity index (χ4v) is 1.81. The largest absolute Gasteiger partial charge is 0.401 e. The van der Waals surface area contributed by atoms with Crippen molar-refractivity contribution in [2.45, 2.75) is 39.3 Å². The molecule has 3 N–H and O–H groups in total. The fourth-order valence-electron chi connectivity index (χ4n) is 1.12. The van der Waals surface area contributed by atoms with Crippen molar-refractivity contribution in [1.82, 2.24) is 5.32 Å². The van der Waals surface area contributed by atoms with Gasteiger partial charge >= 0.3 is 0 Å². The van der Waals surface area contributed by atoms with Gasteiger partial charge in [-0.05, 0) is 17.9 Å². The molecule has 0 aliphatic carbocycles. The van der Waals surface area contributed by atoms with Crippen LogP contribution in [0.5, 0.6) is 0 Å². The maximum absolute atomic E-state index is 5.70. The fraction of sp³-hybridized carbons (Fsp3) is 0.800. The lowest BCUT2D eigenvalue weighted by molar-refractivity contribution is 0.496. The van der Waals surface area contributed by atoms with Crippen LogP contribution in [-0.4, -0.2) is 23.6 Å². The Bertz CT molecular complexity index is 146. The van der Waals surface area contributed by atoms with Crippen molar-refractivity contribution in [3.63, 3.8) is 0 Å². The summed E-state index contributed by atoms with van der Waals surface area (Å²) in [5, 5.41) is 3.40. The highest BCUT2D eigenvalue weighted by Crippen LogP contribution is 2.07. The Labute approximate surface area is 86.3 Å². The first-order chi connectivity index (χ1) is 6.07. The second-order valence-corrected chi connectivity index (χ2v) is 4.83. The Morgan fingerprint density at radius 1 is 1.54 bits per heavy atom. The lowest BCUT2D eigenvalue weighted by Crippen LogP contribution is -2.38. The Morgan fingerprint density at radius 2 is 2.15 bits per heavy atom. The molecule has 78 valence electrons. The third kappa shape index (κ3) is 6.96. The summed E-state index contributed by atoms with van der Waals surface area (Å²) in [6.45, 7) is 10.2. The third-order valence-corrected chi connectivity index (χ3v) is 2.67. The maximum atomic E-state index is 5.70. The van der Waals surface area contributed by atoms with Crippen LogP contribution in [0.4, 0.5) is 0 Å². The number of thioether (sulfide) groups is 1. The molecule has 3 heteroatoms. The van der Waals surface area contributed by atoms with Crippen molar-refractivity contribution >= 4 is 11.8 Å².